The van der Waals surface area contributed by atoms with Crippen LogP contribution in [0.1, 0.15) is 67.6 Å². The van der Waals surface area contributed by atoms with Gasteiger partial charge in [0.05, 0.1) is 12.6 Å². The first-order chi connectivity index (χ1) is 14.8. The van der Waals surface area contributed by atoms with Gasteiger partial charge in [0.1, 0.15) is 10.5 Å². The summed E-state index contributed by atoms with van der Waals surface area (Å²) in [4.78, 5) is 12.8. The number of carbonyl (C=O) groups excluding carboxylic acids is 1. The van der Waals surface area contributed by atoms with E-state index in [9.17, 15) is 22.5 Å². The topological polar surface area (TPSA) is 61.4 Å². The van der Waals surface area contributed by atoms with E-state index in [0.29, 0.717) is 11.3 Å². The van der Waals surface area contributed by atoms with Gasteiger partial charge in [-0.15, -0.1) is 4.72 Å². The van der Waals surface area contributed by atoms with Gasteiger partial charge in [-0.1, -0.05) is 42.0 Å². The fraction of sp³-hybridized carbons (Fsp3) is 0.458. The molecule has 0 aliphatic rings. The third-order valence-corrected chi connectivity index (χ3v) is 6.34. The number of halogens is 3. The van der Waals surface area contributed by atoms with Crippen molar-refractivity contribution in [1.82, 2.24) is 4.72 Å². The summed E-state index contributed by atoms with van der Waals surface area (Å²) in [6.45, 7) is 7.42. The molecule has 0 unspecified atom stereocenters. The molecule has 0 amide bonds. The average Bonchev–Trinajstić information content (AvgIpc) is 2.70. The van der Waals surface area contributed by atoms with E-state index in [2.05, 4.69) is 4.72 Å². The van der Waals surface area contributed by atoms with Crippen molar-refractivity contribution in [3.05, 3.63) is 65.2 Å². The smallest absolute Gasteiger partial charge is 0.389 e. The van der Waals surface area contributed by atoms with Crippen LogP contribution >= 0.6 is 0 Å². The van der Waals surface area contributed by atoms with Crippen molar-refractivity contribution in [2.45, 2.75) is 63.9 Å². The number of nitrogens with one attached hydrogen (secondary N) is 1. The minimum absolute atomic E-state index is 0.0412. The van der Waals surface area contributed by atoms with Gasteiger partial charge < -0.3 is 9.29 Å². The summed E-state index contributed by atoms with van der Waals surface area (Å²) in [5, 5.41) is 0. The molecule has 1 N–H and O–H groups in total. The van der Waals surface area contributed by atoms with Gasteiger partial charge >= 0.3 is 6.18 Å². The molecule has 0 aliphatic heterocycles. The summed E-state index contributed by atoms with van der Waals surface area (Å²) in [6.07, 6.45) is -5.10. The fourth-order valence-electron chi connectivity index (χ4n) is 2.84. The summed E-state index contributed by atoms with van der Waals surface area (Å²) in [5.74, 6) is 0.359. The molecule has 0 aliphatic carbocycles. The second kappa shape index (κ2) is 11.2. The van der Waals surface area contributed by atoms with Crippen LogP contribution in [-0.4, -0.2) is 27.9 Å². The molecule has 32 heavy (non-hydrogen) atoms. The number of carbonyl (C=O) groups is 1. The molecule has 4 nitrogen and oxygen atoms in total. The standard InChI is InChI=1S/C24H30F3NO3S/c1-17-6-8-19(9-7-17)22(29)16-21(28-32(30)23(2,3)4)18-10-12-20(13-11-18)31-15-5-14-24(25,26)27/h6-13,21,28H,5,14-16H2,1-4H3/t21-,32+/m0/s1. The third-order valence-electron chi connectivity index (χ3n) is 4.72. The molecule has 2 aromatic rings. The lowest BCUT2D eigenvalue weighted by Crippen LogP contribution is -2.41. The maximum Gasteiger partial charge on any atom is 0.389 e. The minimum atomic E-state index is -4.20. The Balaban J connectivity index is 2.10. The van der Waals surface area contributed by atoms with Crippen LogP contribution in [0.2, 0.25) is 0 Å². The number of hydrogen-bond donors (Lipinski definition) is 1. The fourth-order valence-corrected chi connectivity index (χ4v) is 3.67. The van der Waals surface area contributed by atoms with Gasteiger partial charge in [-0.3, -0.25) is 4.79 Å². The van der Waals surface area contributed by atoms with Gasteiger partial charge in [-0.25, -0.2) is 0 Å². The molecule has 0 heterocycles. The molecule has 2 atom stereocenters. The summed E-state index contributed by atoms with van der Waals surface area (Å²) in [5.41, 5.74) is 2.37. The molecule has 0 radical (unpaired) electrons. The first-order valence-corrected chi connectivity index (χ1v) is 11.6. The van der Waals surface area contributed by atoms with Crippen molar-refractivity contribution < 1.29 is 27.3 Å². The second-order valence-electron chi connectivity index (χ2n) is 8.68. The molecule has 0 fully saturated rings. The number of hydrogen-bond acceptors (Lipinski definition) is 4. The minimum Gasteiger partial charge on any atom is -0.598 e. The lowest BCUT2D eigenvalue weighted by Gasteiger charge is -2.28. The maximum atomic E-state index is 12.8. The Kier molecular flexibility index (Phi) is 9.18. The monoisotopic (exact) mass is 469 g/mol. The van der Waals surface area contributed by atoms with E-state index in [1.807, 2.05) is 39.8 Å². The summed E-state index contributed by atoms with van der Waals surface area (Å²) in [6, 6.07) is 13.5. The van der Waals surface area contributed by atoms with Crippen molar-refractivity contribution in [3.8, 4) is 5.75 Å². The highest BCUT2D eigenvalue weighted by molar-refractivity contribution is 7.90. The zero-order valence-electron chi connectivity index (χ0n) is 18.8. The van der Waals surface area contributed by atoms with Crippen molar-refractivity contribution >= 4 is 17.1 Å². The van der Waals surface area contributed by atoms with Gasteiger partial charge in [0.2, 0.25) is 0 Å². The number of aryl methyl sites for hydroxylation is 1. The highest BCUT2D eigenvalue weighted by Gasteiger charge is 2.31. The van der Waals surface area contributed by atoms with E-state index >= 15 is 0 Å². The first kappa shape index (κ1) is 26.2. The number of benzene rings is 2. The van der Waals surface area contributed by atoms with E-state index in [1.165, 1.54) is 0 Å². The first-order valence-electron chi connectivity index (χ1n) is 10.4. The lowest BCUT2D eigenvalue weighted by molar-refractivity contribution is -0.136. The SMILES string of the molecule is Cc1ccc(C(=O)C[C@H](N[S@+]([O-])C(C)(C)C)c2ccc(OCCCC(F)(F)F)cc2)cc1. The molecule has 176 valence electrons. The highest BCUT2D eigenvalue weighted by Crippen LogP contribution is 2.26. The van der Waals surface area contributed by atoms with Crippen molar-refractivity contribution in [2.75, 3.05) is 6.61 Å². The molecule has 2 rings (SSSR count). The Bertz CT molecular complexity index is 862. The Morgan fingerprint density at radius 1 is 1.06 bits per heavy atom. The molecule has 0 saturated heterocycles. The molecular formula is C24H30F3NO3S. The Morgan fingerprint density at radius 2 is 1.66 bits per heavy atom. The van der Waals surface area contributed by atoms with Gasteiger partial charge in [0.15, 0.2) is 5.78 Å². The lowest BCUT2D eigenvalue weighted by atomic mass is 9.98. The van der Waals surface area contributed by atoms with Crippen molar-refractivity contribution in [2.24, 2.45) is 0 Å². The van der Waals surface area contributed by atoms with Gasteiger partial charge in [-0.05, 0) is 51.8 Å². The van der Waals surface area contributed by atoms with Crippen LogP contribution in [0.25, 0.3) is 0 Å². The van der Waals surface area contributed by atoms with Gasteiger partial charge in [0.25, 0.3) is 0 Å². The van der Waals surface area contributed by atoms with Crippen LogP contribution in [0.15, 0.2) is 48.5 Å². The Morgan fingerprint density at radius 3 is 2.19 bits per heavy atom. The Hall–Kier alpha value is -2.03. The highest BCUT2D eigenvalue weighted by atomic mass is 32.2. The van der Waals surface area contributed by atoms with Crippen molar-refractivity contribution in [3.63, 3.8) is 0 Å². The number of ether oxygens (including phenoxy) is 1. The number of Topliss-reactive ketones (excluding diaryl/α,β-unsaturated/α-hetero) is 1. The van der Waals surface area contributed by atoms with Crippen LogP contribution in [-0.2, 0) is 11.4 Å². The summed E-state index contributed by atoms with van der Waals surface area (Å²) < 4.78 is 57.4. The normalized spacial score (nSPS) is 14.1. The number of alkyl halides is 3. The maximum absolute atomic E-state index is 12.8. The van der Waals surface area contributed by atoms with Crippen LogP contribution in [0.5, 0.6) is 5.75 Å². The third kappa shape index (κ3) is 8.84. The average molecular weight is 470 g/mol. The van der Waals surface area contributed by atoms with E-state index in [1.54, 1.807) is 36.4 Å². The molecular weight excluding hydrogens is 439 g/mol. The summed E-state index contributed by atoms with van der Waals surface area (Å²) in [7, 11) is 0. The van der Waals surface area contributed by atoms with Crippen molar-refractivity contribution in [1.29, 1.82) is 0 Å². The van der Waals surface area contributed by atoms with Crippen LogP contribution < -0.4 is 9.46 Å². The van der Waals surface area contributed by atoms with Gasteiger partial charge in [-0.2, -0.15) is 13.2 Å². The molecule has 0 spiro atoms. The number of ketones is 1. The second-order valence-corrected chi connectivity index (χ2v) is 10.7. The Labute approximate surface area is 190 Å². The van der Waals surface area contributed by atoms with E-state index in [-0.39, 0.29) is 25.2 Å². The number of rotatable bonds is 10. The molecule has 0 saturated carbocycles. The van der Waals surface area contributed by atoms with Crippen LogP contribution in [0.3, 0.4) is 0 Å². The molecule has 0 bridgehead atoms. The van der Waals surface area contributed by atoms with Crippen LogP contribution in [0.4, 0.5) is 13.2 Å². The van der Waals surface area contributed by atoms with E-state index in [4.69, 9.17) is 4.74 Å². The summed E-state index contributed by atoms with van der Waals surface area (Å²) >= 11 is -1.40. The predicted octanol–water partition coefficient (Wildman–Crippen LogP) is 6.08. The molecule has 8 heteroatoms. The zero-order valence-corrected chi connectivity index (χ0v) is 19.6. The quantitative estimate of drug-likeness (QED) is 0.260. The zero-order chi connectivity index (χ0) is 23.9. The van der Waals surface area contributed by atoms with E-state index in [0.717, 1.165) is 11.1 Å². The predicted molar refractivity (Wildman–Crippen MR) is 121 cm³/mol. The van der Waals surface area contributed by atoms with E-state index < -0.39 is 34.7 Å². The largest absolute Gasteiger partial charge is 0.598 e. The molecule has 0 aromatic heterocycles. The molecule has 2 aromatic carbocycles. The van der Waals surface area contributed by atoms with Gasteiger partial charge in [0, 0.05) is 29.8 Å². The van der Waals surface area contributed by atoms with Crippen LogP contribution in [0, 0.1) is 6.92 Å².